The van der Waals surface area contributed by atoms with Crippen LogP contribution in [0.25, 0.3) is 0 Å². The fourth-order valence-corrected chi connectivity index (χ4v) is 5.74. The lowest BCUT2D eigenvalue weighted by Crippen LogP contribution is -2.16. The molecular weight excluding hydrogens is 383 g/mol. The van der Waals surface area contributed by atoms with Crippen molar-refractivity contribution in [3.63, 3.8) is 0 Å². The molecule has 0 N–H and O–H groups in total. The summed E-state index contributed by atoms with van der Waals surface area (Å²) in [4.78, 5) is 0. The number of allylic oxidation sites excluding steroid dienone is 2. The molecule has 0 heterocycles. The molecule has 1 nitrogen and oxygen atoms in total. The molecule has 2 aliphatic rings. The lowest BCUT2D eigenvalue weighted by atomic mass is 9.76. The maximum absolute atomic E-state index is 13.9. The molecule has 1 aromatic carbocycles. The van der Waals surface area contributed by atoms with Gasteiger partial charge in [0.15, 0.2) is 11.6 Å². The van der Waals surface area contributed by atoms with E-state index >= 15 is 0 Å². The average Bonchev–Trinajstić information content (AvgIpc) is 2.81. The Morgan fingerprint density at radius 1 is 0.871 bits per heavy atom. The van der Waals surface area contributed by atoms with Crippen LogP contribution >= 0.6 is 0 Å². The Morgan fingerprint density at radius 2 is 1.61 bits per heavy atom. The number of hydrogen-bond donors (Lipinski definition) is 0. The minimum atomic E-state index is -0.247. The molecule has 174 valence electrons. The molecule has 0 aliphatic heterocycles. The van der Waals surface area contributed by atoms with Gasteiger partial charge in [0, 0.05) is 0 Å². The van der Waals surface area contributed by atoms with E-state index < -0.39 is 0 Å². The van der Waals surface area contributed by atoms with E-state index in [0.717, 1.165) is 36.2 Å². The first-order valence-electron chi connectivity index (χ1n) is 13.2. The highest BCUT2D eigenvalue weighted by Crippen LogP contribution is 2.37. The predicted molar refractivity (Wildman–Crippen MR) is 130 cm³/mol. The molecule has 2 aliphatic carbocycles. The van der Waals surface area contributed by atoms with E-state index in [4.69, 9.17) is 4.74 Å². The summed E-state index contributed by atoms with van der Waals surface area (Å²) >= 11 is 0. The van der Waals surface area contributed by atoms with Crippen LogP contribution in [0.1, 0.15) is 109 Å². The van der Waals surface area contributed by atoms with Gasteiger partial charge in [0.25, 0.3) is 0 Å². The normalized spacial score (nSPS) is 24.1. The van der Waals surface area contributed by atoms with E-state index in [9.17, 15) is 4.39 Å². The van der Waals surface area contributed by atoms with Crippen LogP contribution in [0.15, 0.2) is 29.8 Å². The van der Waals surface area contributed by atoms with Crippen molar-refractivity contribution < 1.29 is 9.13 Å². The molecule has 2 heteroatoms. The van der Waals surface area contributed by atoms with Gasteiger partial charge in [-0.25, -0.2) is 4.39 Å². The molecule has 3 rings (SSSR count). The fourth-order valence-electron chi connectivity index (χ4n) is 5.74. The van der Waals surface area contributed by atoms with Gasteiger partial charge in [0.1, 0.15) is 0 Å². The molecule has 1 atom stereocenters. The molecule has 0 amide bonds. The SMILES string of the molecule is CCCCCCC1CCC(CCC2CC=C(CCc3ccc(OC)c(F)c3)CC2)CC1. The van der Waals surface area contributed by atoms with Crippen LogP contribution in [0.4, 0.5) is 4.39 Å². The summed E-state index contributed by atoms with van der Waals surface area (Å²) in [6, 6.07) is 5.37. The highest BCUT2D eigenvalue weighted by molar-refractivity contribution is 5.29. The zero-order chi connectivity index (χ0) is 21.9. The lowest BCUT2D eigenvalue weighted by Gasteiger charge is -2.30. The maximum atomic E-state index is 13.9. The zero-order valence-electron chi connectivity index (χ0n) is 20.1. The summed E-state index contributed by atoms with van der Waals surface area (Å²) in [7, 11) is 1.52. The van der Waals surface area contributed by atoms with E-state index in [0.29, 0.717) is 5.75 Å². The van der Waals surface area contributed by atoms with Crippen LogP contribution in [-0.2, 0) is 6.42 Å². The smallest absolute Gasteiger partial charge is 0.165 e. The number of aryl methyl sites for hydroxylation is 1. The topological polar surface area (TPSA) is 9.23 Å². The minimum absolute atomic E-state index is 0.247. The minimum Gasteiger partial charge on any atom is -0.494 e. The van der Waals surface area contributed by atoms with Gasteiger partial charge in [-0.05, 0) is 74.0 Å². The number of hydrogen-bond acceptors (Lipinski definition) is 1. The molecule has 0 saturated heterocycles. The Bertz CT molecular complexity index is 671. The molecule has 1 fully saturated rings. The highest BCUT2D eigenvalue weighted by Gasteiger charge is 2.22. The number of methoxy groups -OCH3 is 1. The van der Waals surface area contributed by atoms with Gasteiger partial charge in [-0.1, -0.05) is 88.8 Å². The number of halogens is 1. The predicted octanol–water partition coefficient (Wildman–Crippen LogP) is 9.05. The van der Waals surface area contributed by atoms with Gasteiger partial charge in [-0.3, -0.25) is 0 Å². The first kappa shape index (κ1) is 24.3. The Labute approximate surface area is 190 Å². The quantitative estimate of drug-likeness (QED) is 0.238. The Morgan fingerprint density at radius 3 is 2.26 bits per heavy atom. The number of rotatable bonds is 12. The van der Waals surface area contributed by atoms with Crippen LogP contribution in [0, 0.1) is 23.6 Å². The fraction of sp³-hybridized carbons (Fsp3) is 0.724. The lowest BCUT2D eigenvalue weighted by molar-refractivity contribution is 0.234. The molecular formula is C29H45FO. The highest BCUT2D eigenvalue weighted by atomic mass is 19.1. The summed E-state index contributed by atoms with van der Waals surface area (Å²) in [5, 5.41) is 0. The largest absolute Gasteiger partial charge is 0.494 e. The zero-order valence-corrected chi connectivity index (χ0v) is 20.1. The Balaban J connectivity index is 1.29. The van der Waals surface area contributed by atoms with Crippen molar-refractivity contribution in [2.24, 2.45) is 17.8 Å². The maximum Gasteiger partial charge on any atom is 0.165 e. The third-order valence-electron chi connectivity index (χ3n) is 7.98. The second-order valence-electron chi connectivity index (χ2n) is 10.3. The third kappa shape index (κ3) is 8.28. The van der Waals surface area contributed by atoms with Crippen molar-refractivity contribution >= 4 is 0 Å². The van der Waals surface area contributed by atoms with Crippen molar-refractivity contribution in [3.05, 3.63) is 41.2 Å². The van der Waals surface area contributed by atoms with Gasteiger partial charge >= 0.3 is 0 Å². The van der Waals surface area contributed by atoms with Crippen LogP contribution in [0.5, 0.6) is 5.75 Å². The van der Waals surface area contributed by atoms with Gasteiger partial charge in [-0.15, -0.1) is 0 Å². The summed E-state index contributed by atoms with van der Waals surface area (Å²) in [6.45, 7) is 2.30. The van der Waals surface area contributed by atoms with E-state index in [1.807, 2.05) is 6.07 Å². The first-order chi connectivity index (χ1) is 15.2. The molecule has 1 unspecified atom stereocenters. The van der Waals surface area contributed by atoms with E-state index in [1.54, 1.807) is 17.7 Å². The molecule has 0 radical (unpaired) electrons. The second kappa shape index (κ2) is 13.3. The van der Waals surface area contributed by atoms with Crippen molar-refractivity contribution in [2.75, 3.05) is 7.11 Å². The van der Waals surface area contributed by atoms with Crippen LogP contribution in [-0.4, -0.2) is 7.11 Å². The third-order valence-corrected chi connectivity index (χ3v) is 7.98. The summed E-state index contributed by atoms with van der Waals surface area (Å²) < 4.78 is 18.9. The summed E-state index contributed by atoms with van der Waals surface area (Å²) in [5.41, 5.74) is 2.65. The molecule has 0 aromatic heterocycles. The molecule has 1 saturated carbocycles. The van der Waals surface area contributed by atoms with Crippen LogP contribution in [0.2, 0.25) is 0 Å². The van der Waals surface area contributed by atoms with Crippen molar-refractivity contribution in [1.29, 1.82) is 0 Å². The summed E-state index contributed by atoms with van der Waals surface area (Å²) in [5.74, 6) is 3.02. The van der Waals surface area contributed by atoms with Crippen molar-refractivity contribution in [1.82, 2.24) is 0 Å². The first-order valence-corrected chi connectivity index (χ1v) is 13.2. The van der Waals surface area contributed by atoms with Gasteiger partial charge in [0.2, 0.25) is 0 Å². The average molecular weight is 429 g/mol. The van der Waals surface area contributed by atoms with Crippen LogP contribution in [0.3, 0.4) is 0 Å². The number of benzene rings is 1. The van der Waals surface area contributed by atoms with Gasteiger partial charge in [0.05, 0.1) is 7.11 Å². The monoisotopic (exact) mass is 428 g/mol. The summed E-state index contributed by atoms with van der Waals surface area (Å²) in [6.07, 6.45) is 24.4. The van der Waals surface area contributed by atoms with Crippen LogP contribution < -0.4 is 4.74 Å². The molecule has 0 spiro atoms. The van der Waals surface area contributed by atoms with E-state index in [2.05, 4.69) is 13.0 Å². The second-order valence-corrected chi connectivity index (χ2v) is 10.3. The number of unbranched alkanes of at least 4 members (excludes halogenated alkanes) is 3. The Hall–Kier alpha value is -1.31. The van der Waals surface area contributed by atoms with Crippen molar-refractivity contribution in [3.8, 4) is 5.75 Å². The molecule has 31 heavy (non-hydrogen) atoms. The van der Waals surface area contributed by atoms with Gasteiger partial charge < -0.3 is 4.74 Å². The Kier molecular flexibility index (Phi) is 10.4. The van der Waals surface area contributed by atoms with Gasteiger partial charge in [-0.2, -0.15) is 0 Å². The van der Waals surface area contributed by atoms with E-state index in [1.165, 1.54) is 97.0 Å². The van der Waals surface area contributed by atoms with Crippen molar-refractivity contribution in [2.45, 2.75) is 110 Å². The molecule has 0 bridgehead atoms. The standard InChI is InChI=1S/C29H45FO/c1-3-4-5-6-7-23-8-10-24(11-9-23)12-13-25-14-16-26(17-15-25)18-19-27-20-21-29(31-2)28(30)22-27/h16,20-25H,3-15,17-19H2,1-2H3. The molecule has 1 aromatic rings. The number of ether oxygens (including phenoxy) is 1. The van der Waals surface area contributed by atoms with E-state index in [-0.39, 0.29) is 5.82 Å².